The Bertz CT molecular complexity index is 321. The van der Waals surface area contributed by atoms with Crippen LogP contribution in [0.5, 0.6) is 0 Å². The fraction of sp³-hybridized carbons (Fsp3) is 0.636. The van der Waals surface area contributed by atoms with Gasteiger partial charge in [-0.05, 0) is 12.3 Å². The van der Waals surface area contributed by atoms with E-state index < -0.39 is 0 Å². The molecule has 2 heterocycles. The van der Waals surface area contributed by atoms with Gasteiger partial charge >= 0.3 is 0 Å². The molecular weight excluding hydrogens is 190 g/mol. The van der Waals surface area contributed by atoms with E-state index in [9.17, 15) is 4.79 Å². The smallest absolute Gasteiger partial charge is 0.223 e. The van der Waals surface area contributed by atoms with E-state index in [2.05, 4.69) is 16.9 Å². The first-order chi connectivity index (χ1) is 7.29. The number of hydrogen-bond acceptors (Lipinski definition) is 2. The van der Waals surface area contributed by atoms with Gasteiger partial charge in [-0.1, -0.05) is 13.3 Å². The third-order valence-corrected chi connectivity index (χ3v) is 2.89. The minimum absolute atomic E-state index is 0.268. The molecule has 0 bridgehead atoms. The number of aromatic amines is 1. The zero-order chi connectivity index (χ0) is 10.7. The topological polar surface area (TPSA) is 49.0 Å². The van der Waals surface area contributed by atoms with Gasteiger partial charge in [-0.3, -0.25) is 4.79 Å². The summed E-state index contributed by atoms with van der Waals surface area (Å²) in [5.41, 5.74) is 0. The van der Waals surface area contributed by atoms with Crippen LogP contribution in [0.2, 0.25) is 0 Å². The molecule has 1 aromatic heterocycles. The molecule has 0 aromatic carbocycles. The monoisotopic (exact) mass is 207 g/mol. The fourth-order valence-corrected chi connectivity index (χ4v) is 2.17. The normalized spacial score (nSPS) is 21.3. The predicted octanol–water partition coefficient (Wildman–Crippen LogP) is 1.56. The van der Waals surface area contributed by atoms with Crippen molar-refractivity contribution < 1.29 is 4.79 Å². The number of carbonyl (C=O) groups excluding carboxylic acids is 1. The third-order valence-electron chi connectivity index (χ3n) is 2.89. The molecular formula is C11H17N3O. The van der Waals surface area contributed by atoms with Crippen LogP contribution in [-0.2, 0) is 11.3 Å². The van der Waals surface area contributed by atoms with Crippen LogP contribution in [0.3, 0.4) is 0 Å². The van der Waals surface area contributed by atoms with Crippen molar-refractivity contribution in [3.05, 3.63) is 18.2 Å². The predicted molar refractivity (Wildman–Crippen MR) is 57.0 cm³/mol. The van der Waals surface area contributed by atoms with Gasteiger partial charge in [0.15, 0.2) is 0 Å². The van der Waals surface area contributed by atoms with E-state index in [1.807, 2.05) is 4.90 Å². The molecule has 1 amide bonds. The molecule has 2 rings (SSSR count). The van der Waals surface area contributed by atoms with Crippen LogP contribution in [-0.4, -0.2) is 27.3 Å². The van der Waals surface area contributed by atoms with Gasteiger partial charge in [0.1, 0.15) is 5.82 Å². The van der Waals surface area contributed by atoms with Crippen LogP contribution in [0.25, 0.3) is 0 Å². The Hall–Kier alpha value is -1.32. The van der Waals surface area contributed by atoms with E-state index in [0.29, 0.717) is 18.9 Å². The lowest BCUT2D eigenvalue weighted by atomic mass is 10.0. The maximum atomic E-state index is 11.7. The molecule has 4 nitrogen and oxygen atoms in total. The van der Waals surface area contributed by atoms with Crippen molar-refractivity contribution in [3.63, 3.8) is 0 Å². The molecule has 1 aliphatic heterocycles. The van der Waals surface area contributed by atoms with Crippen LogP contribution >= 0.6 is 0 Å². The average molecular weight is 207 g/mol. The number of imidazole rings is 1. The number of nitrogens with zero attached hydrogens (tertiary/aromatic N) is 2. The first kappa shape index (κ1) is 10.2. The molecule has 82 valence electrons. The van der Waals surface area contributed by atoms with Crippen molar-refractivity contribution in [1.29, 1.82) is 0 Å². The fourth-order valence-electron chi connectivity index (χ4n) is 2.17. The van der Waals surface area contributed by atoms with Crippen molar-refractivity contribution in [2.45, 2.75) is 32.7 Å². The minimum atomic E-state index is 0.268. The third kappa shape index (κ3) is 2.37. The highest BCUT2D eigenvalue weighted by atomic mass is 16.2. The molecule has 0 saturated carbocycles. The van der Waals surface area contributed by atoms with Gasteiger partial charge in [0.05, 0.1) is 6.54 Å². The summed E-state index contributed by atoms with van der Waals surface area (Å²) in [7, 11) is 0. The molecule has 0 radical (unpaired) electrons. The van der Waals surface area contributed by atoms with Crippen molar-refractivity contribution in [2.75, 3.05) is 6.54 Å². The van der Waals surface area contributed by atoms with Gasteiger partial charge in [-0.25, -0.2) is 4.98 Å². The molecule has 1 atom stereocenters. The van der Waals surface area contributed by atoms with Crippen molar-refractivity contribution in [2.24, 2.45) is 5.92 Å². The molecule has 1 aliphatic rings. The molecule has 15 heavy (non-hydrogen) atoms. The number of H-pyrrole nitrogens is 1. The highest BCUT2D eigenvalue weighted by molar-refractivity contribution is 5.78. The largest absolute Gasteiger partial charge is 0.347 e. The van der Waals surface area contributed by atoms with Gasteiger partial charge in [-0.2, -0.15) is 0 Å². The van der Waals surface area contributed by atoms with E-state index in [-0.39, 0.29) is 5.91 Å². The van der Waals surface area contributed by atoms with Crippen molar-refractivity contribution in [3.8, 4) is 0 Å². The summed E-state index contributed by atoms with van der Waals surface area (Å²) >= 11 is 0. The van der Waals surface area contributed by atoms with Gasteiger partial charge < -0.3 is 9.88 Å². The molecule has 1 fully saturated rings. The molecule has 1 unspecified atom stereocenters. The summed E-state index contributed by atoms with van der Waals surface area (Å²) in [6.07, 6.45) is 6.54. The first-order valence-electron chi connectivity index (χ1n) is 5.55. The number of aromatic nitrogens is 2. The molecule has 4 heteroatoms. The lowest BCUT2D eigenvalue weighted by Crippen LogP contribution is -2.25. The van der Waals surface area contributed by atoms with Crippen LogP contribution in [0.4, 0.5) is 0 Å². The summed E-state index contributed by atoms with van der Waals surface area (Å²) in [5, 5.41) is 0. The molecule has 0 spiro atoms. The number of hydrogen-bond donors (Lipinski definition) is 1. The van der Waals surface area contributed by atoms with Crippen molar-refractivity contribution in [1.82, 2.24) is 14.9 Å². The highest BCUT2D eigenvalue weighted by Gasteiger charge is 2.28. The van der Waals surface area contributed by atoms with E-state index >= 15 is 0 Å². The highest BCUT2D eigenvalue weighted by Crippen LogP contribution is 2.22. The van der Waals surface area contributed by atoms with Gasteiger partial charge in [0, 0.05) is 25.4 Å². The number of rotatable bonds is 4. The summed E-state index contributed by atoms with van der Waals surface area (Å²) in [4.78, 5) is 20.7. The quantitative estimate of drug-likeness (QED) is 0.814. The van der Waals surface area contributed by atoms with Gasteiger partial charge in [0.2, 0.25) is 5.91 Å². The van der Waals surface area contributed by atoms with Crippen LogP contribution in [0, 0.1) is 5.92 Å². The Morgan fingerprint density at radius 2 is 2.53 bits per heavy atom. The Labute approximate surface area is 89.7 Å². The first-order valence-corrected chi connectivity index (χ1v) is 5.55. The van der Waals surface area contributed by atoms with Crippen molar-refractivity contribution >= 4 is 5.91 Å². The summed E-state index contributed by atoms with van der Waals surface area (Å²) in [6.45, 7) is 3.69. The standard InChI is InChI=1S/C11H17N3O/c1-2-3-9-6-11(15)14(7-9)8-10-12-4-5-13-10/h4-5,9H,2-3,6-8H2,1H3,(H,12,13). The molecule has 1 saturated heterocycles. The average Bonchev–Trinajstić information content (AvgIpc) is 2.79. The Morgan fingerprint density at radius 1 is 1.67 bits per heavy atom. The van der Waals surface area contributed by atoms with Crippen LogP contribution < -0.4 is 0 Å². The molecule has 1 aromatic rings. The van der Waals surface area contributed by atoms with E-state index in [1.165, 1.54) is 0 Å². The van der Waals surface area contributed by atoms with Gasteiger partial charge in [0.25, 0.3) is 0 Å². The second-order valence-electron chi connectivity index (χ2n) is 4.17. The number of carbonyl (C=O) groups is 1. The lowest BCUT2D eigenvalue weighted by molar-refractivity contribution is -0.128. The summed E-state index contributed by atoms with van der Waals surface area (Å²) in [6, 6.07) is 0. The SMILES string of the molecule is CCCC1CC(=O)N(Cc2ncc[nH]2)C1. The Kier molecular flexibility index (Phi) is 3.04. The summed E-state index contributed by atoms with van der Waals surface area (Å²) in [5.74, 6) is 1.70. The minimum Gasteiger partial charge on any atom is -0.347 e. The zero-order valence-corrected chi connectivity index (χ0v) is 9.07. The van der Waals surface area contributed by atoms with Crippen LogP contribution in [0.1, 0.15) is 32.0 Å². The zero-order valence-electron chi connectivity index (χ0n) is 9.07. The van der Waals surface area contributed by atoms with E-state index in [1.54, 1.807) is 12.4 Å². The number of nitrogens with one attached hydrogen (secondary N) is 1. The van der Waals surface area contributed by atoms with Crippen LogP contribution in [0.15, 0.2) is 12.4 Å². The summed E-state index contributed by atoms with van der Waals surface area (Å²) < 4.78 is 0. The second kappa shape index (κ2) is 4.47. The second-order valence-corrected chi connectivity index (χ2v) is 4.17. The van der Waals surface area contributed by atoms with E-state index in [4.69, 9.17) is 0 Å². The number of amides is 1. The lowest BCUT2D eigenvalue weighted by Gasteiger charge is -2.14. The maximum absolute atomic E-state index is 11.7. The number of likely N-dealkylation sites (tertiary alicyclic amines) is 1. The molecule has 1 N–H and O–H groups in total. The molecule has 0 aliphatic carbocycles. The Balaban J connectivity index is 1.91. The van der Waals surface area contributed by atoms with Gasteiger partial charge in [-0.15, -0.1) is 0 Å². The Morgan fingerprint density at radius 3 is 3.20 bits per heavy atom. The maximum Gasteiger partial charge on any atom is 0.223 e. The van der Waals surface area contributed by atoms with E-state index in [0.717, 1.165) is 25.2 Å².